The zero-order valence-electron chi connectivity index (χ0n) is 18.5. The number of hydrogen-bond acceptors (Lipinski definition) is 3. The Labute approximate surface area is 201 Å². The molecule has 2 aromatic carbocycles. The predicted octanol–water partition coefficient (Wildman–Crippen LogP) is 5.68. The number of hydrogen-bond donors (Lipinski definition) is 1. The summed E-state index contributed by atoms with van der Waals surface area (Å²) in [6.45, 7) is 2.93. The normalized spacial score (nSPS) is 11.4. The quantitative estimate of drug-likeness (QED) is 0.245. The Bertz CT molecular complexity index is 1390. The molecule has 0 unspecified atom stereocenters. The molecule has 0 radical (unpaired) electrons. The first-order valence-electron chi connectivity index (χ1n) is 11.2. The van der Waals surface area contributed by atoms with Gasteiger partial charge in [-0.2, -0.15) is 4.98 Å². The molecule has 0 fully saturated rings. The van der Waals surface area contributed by atoms with Crippen LogP contribution in [-0.2, 0) is 19.5 Å². The lowest BCUT2D eigenvalue weighted by molar-refractivity contribution is 0.526. The number of nitrogens with zero attached hydrogens (tertiary/aromatic N) is 3. The number of halogens is 2. The maximum absolute atomic E-state index is 13.1. The lowest BCUT2D eigenvalue weighted by Crippen LogP contribution is -2.40. The monoisotopic (exact) mass is 484 g/mol. The van der Waals surface area contributed by atoms with Gasteiger partial charge >= 0.3 is 5.69 Å². The van der Waals surface area contributed by atoms with Gasteiger partial charge in [-0.15, -0.1) is 0 Å². The summed E-state index contributed by atoms with van der Waals surface area (Å²) in [5.74, 6) is 0. The molecule has 172 valence electrons. The first-order chi connectivity index (χ1) is 16.0. The zero-order valence-corrected chi connectivity index (χ0v) is 20.0. The van der Waals surface area contributed by atoms with E-state index in [2.05, 4.69) is 29.0 Å². The Hall–Kier alpha value is -2.83. The standard InChI is InChI=1S/C25H26Cl2N4O2/c1-2-3-4-13-30-22-21(28-24(27)29-22)23(32)31(25(30)33)14-7-9-17-8-5-10-18(15-17)19-11-6-12-20(26)16-19/h5-6,8,10-12,15-16H,2-4,7,9,13-14H2,1H3,(H,28,29). The van der Waals surface area contributed by atoms with Gasteiger partial charge in [-0.1, -0.05) is 67.8 Å². The van der Waals surface area contributed by atoms with Gasteiger partial charge in [-0.3, -0.25) is 13.9 Å². The van der Waals surface area contributed by atoms with Crippen LogP contribution in [0.3, 0.4) is 0 Å². The average molecular weight is 485 g/mol. The summed E-state index contributed by atoms with van der Waals surface area (Å²) in [4.78, 5) is 33.1. The number of nitrogens with one attached hydrogen (secondary N) is 1. The van der Waals surface area contributed by atoms with Crippen molar-refractivity contribution in [2.75, 3.05) is 0 Å². The molecule has 0 saturated carbocycles. The van der Waals surface area contributed by atoms with Crippen LogP contribution in [-0.4, -0.2) is 19.1 Å². The van der Waals surface area contributed by atoms with Gasteiger partial charge in [0.25, 0.3) is 5.56 Å². The van der Waals surface area contributed by atoms with E-state index in [1.165, 1.54) is 4.57 Å². The van der Waals surface area contributed by atoms with E-state index in [0.29, 0.717) is 30.2 Å². The van der Waals surface area contributed by atoms with Crippen molar-refractivity contribution >= 4 is 34.4 Å². The molecular weight excluding hydrogens is 459 g/mol. The van der Waals surface area contributed by atoms with E-state index in [1.807, 2.05) is 36.4 Å². The molecule has 2 aromatic heterocycles. The molecule has 0 atom stereocenters. The zero-order chi connectivity index (χ0) is 23.4. The van der Waals surface area contributed by atoms with Crippen molar-refractivity contribution in [3.05, 3.63) is 85.2 Å². The van der Waals surface area contributed by atoms with Gasteiger partial charge in [-0.05, 0) is 59.7 Å². The molecule has 4 aromatic rings. The summed E-state index contributed by atoms with van der Waals surface area (Å²) < 4.78 is 2.86. The highest BCUT2D eigenvalue weighted by atomic mass is 35.5. The average Bonchev–Trinajstić information content (AvgIpc) is 3.20. The molecule has 0 aliphatic carbocycles. The third-order valence-corrected chi connectivity index (χ3v) is 6.16. The molecule has 0 aliphatic rings. The van der Waals surface area contributed by atoms with Crippen LogP contribution in [0.25, 0.3) is 22.3 Å². The number of aromatic amines is 1. The number of unbranched alkanes of at least 4 members (excludes halogenated alkanes) is 2. The number of rotatable bonds is 9. The van der Waals surface area contributed by atoms with Crippen LogP contribution in [0.1, 0.15) is 38.2 Å². The minimum Gasteiger partial charge on any atom is -0.323 e. The van der Waals surface area contributed by atoms with E-state index in [-0.39, 0.29) is 22.0 Å². The molecular formula is C25H26Cl2N4O2. The Morgan fingerprint density at radius 2 is 1.64 bits per heavy atom. The van der Waals surface area contributed by atoms with Crippen molar-refractivity contribution in [3.63, 3.8) is 0 Å². The molecule has 0 saturated heterocycles. The second-order valence-electron chi connectivity index (χ2n) is 8.14. The first kappa shape index (κ1) is 23.3. The van der Waals surface area contributed by atoms with E-state index in [0.717, 1.165) is 42.4 Å². The SMILES string of the molecule is CCCCCn1c(=O)n(CCCc2cccc(-c3cccc(Cl)c3)c2)c(=O)c2[nH]c(Cl)nc21. The van der Waals surface area contributed by atoms with Gasteiger partial charge in [0.2, 0.25) is 5.28 Å². The van der Waals surface area contributed by atoms with Crippen LogP contribution in [0, 0.1) is 0 Å². The Balaban J connectivity index is 1.56. The van der Waals surface area contributed by atoms with Crippen LogP contribution in [0.15, 0.2) is 58.1 Å². The predicted molar refractivity (Wildman–Crippen MR) is 134 cm³/mol. The molecule has 0 amide bonds. The number of fused-ring (bicyclic) bond motifs is 1. The number of aryl methyl sites for hydroxylation is 2. The summed E-state index contributed by atoms with van der Waals surface area (Å²) in [6, 6.07) is 16.0. The van der Waals surface area contributed by atoms with Gasteiger partial charge in [0.1, 0.15) is 0 Å². The smallest absolute Gasteiger partial charge is 0.323 e. The van der Waals surface area contributed by atoms with Crippen LogP contribution >= 0.6 is 23.2 Å². The second-order valence-corrected chi connectivity index (χ2v) is 8.93. The van der Waals surface area contributed by atoms with Crippen LogP contribution in [0.4, 0.5) is 0 Å². The topological polar surface area (TPSA) is 72.7 Å². The van der Waals surface area contributed by atoms with Gasteiger partial charge in [0.05, 0.1) is 0 Å². The fourth-order valence-electron chi connectivity index (χ4n) is 4.07. The molecule has 6 nitrogen and oxygen atoms in total. The first-order valence-corrected chi connectivity index (χ1v) is 12.0. The summed E-state index contributed by atoms with van der Waals surface area (Å²) in [7, 11) is 0. The highest BCUT2D eigenvalue weighted by Gasteiger charge is 2.16. The lowest BCUT2D eigenvalue weighted by atomic mass is 10.0. The third kappa shape index (κ3) is 5.23. The molecule has 33 heavy (non-hydrogen) atoms. The van der Waals surface area contributed by atoms with E-state index in [4.69, 9.17) is 23.2 Å². The fraction of sp³-hybridized carbons (Fsp3) is 0.320. The van der Waals surface area contributed by atoms with Crippen LogP contribution in [0.5, 0.6) is 0 Å². The van der Waals surface area contributed by atoms with Crippen molar-refractivity contribution in [1.29, 1.82) is 0 Å². The lowest BCUT2D eigenvalue weighted by Gasteiger charge is -2.11. The van der Waals surface area contributed by atoms with Crippen molar-refractivity contribution in [2.45, 2.75) is 52.1 Å². The van der Waals surface area contributed by atoms with Gasteiger partial charge < -0.3 is 4.98 Å². The van der Waals surface area contributed by atoms with E-state index in [1.54, 1.807) is 4.57 Å². The maximum atomic E-state index is 13.1. The number of imidazole rings is 1. The van der Waals surface area contributed by atoms with Gasteiger partial charge in [0, 0.05) is 18.1 Å². The largest absolute Gasteiger partial charge is 0.332 e. The van der Waals surface area contributed by atoms with Crippen molar-refractivity contribution in [1.82, 2.24) is 19.1 Å². The molecule has 2 heterocycles. The minimum absolute atomic E-state index is 0.112. The van der Waals surface area contributed by atoms with Gasteiger partial charge in [0.15, 0.2) is 11.2 Å². The number of benzene rings is 2. The van der Waals surface area contributed by atoms with Crippen LogP contribution < -0.4 is 11.2 Å². The van der Waals surface area contributed by atoms with Crippen molar-refractivity contribution in [2.24, 2.45) is 0 Å². The third-order valence-electron chi connectivity index (χ3n) is 5.75. The molecule has 4 rings (SSSR count). The van der Waals surface area contributed by atoms with Gasteiger partial charge in [-0.25, -0.2) is 4.79 Å². The van der Waals surface area contributed by atoms with Crippen LogP contribution in [0.2, 0.25) is 10.3 Å². The molecule has 0 bridgehead atoms. The summed E-state index contributed by atoms with van der Waals surface area (Å²) in [5.41, 5.74) is 3.16. The Morgan fingerprint density at radius 1 is 0.909 bits per heavy atom. The molecule has 8 heteroatoms. The molecule has 0 spiro atoms. The fourth-order valence-corrected chi connectivity index (χ4v) is 4.44. The number of aromatic nitrogens is 4. The Morgan fingerprint density at radius 3 is 2.39 bits per heavy atom. The van der Waals surface area contributed by atoms with E-state index >= 15 is 0 Å². The van der Waals surface area contributed by atoms with Crippen molar-refractivity contribution in [3.8, 4) is 11.1 Å². The number of H-pyrrole nitrogens is 1. The van der Waals surface area contributed by atoms with Crippen molar-refractivity contribution < 1.29 is 0 Å². The minimum atomic E-state index is -0.381. The highest BCUT2D eigenvalue weighted by molar-refractivity contribution is 6.30. The maximum Gasteiger partial charge on any atom is 0.332 e. The highest BCUT2D eigenvalue weighted by Crippen LogP contribution is 2.24. The van der Waals surface area contributed by atoms with E-state index < -0.39 is 0 Å². The molecule has 1 N–H and O–H groups in total. The summed E-state index contributed by atoms with van der Waals surface area (Å²) >= 11 is 12.1. The second kappa shape index (κ2) is 10.4. The molecule has 0 aliphatic heterocycles. The Kier molecular flexibility index (Phi) is 7.36. The summed E-state index contributed by atoms with van der Waals surface area (Å²) in [5, 5.41) is 0.808. The summed E-state index contributed by atoms with van der Waals surface area (Å²) in [6.07, 6.45) is 4.25. The van der Waals surface area contributed by atoms with E-state index in [9.17, 15) is 9.59 Å².